The molecular weight excluding hydrogens is 344 g/mol. The van der Waals surface area contributed by atoms with E-state index in [1.54, 1.807) is 18.5 Å². The van der Waals surface area contributed by atoms with Gasteiger partial charge in [0.25, 0.3) is 0 Å². The van der Waals surface area contributed by atoms with E-state index in [2.05, 4.69) is 9.97 Å². The Morgan fingerprint density at radius 2 is 1.59 bits per heavy atom. The molecule has 6 nitrogen and oxygen atoms in total. The van der Waals surface area contributed by atoms with E-state index in [1.165, 1.54) is 32.1 Å². The summed E-state index contributed by atoms with van der Waals surface area (Å²) in [5.74, 6) is 2.37. The largest absolute Gasteiger partial charge is 0.463 e. The topological polar surface area (TPSA) is 62.7 Å². The summed E-state index contributed by atoms with van der Waals surface area (Å²) in [5.41, 5.74) is 0. The van der Waals surface area contributed by atoms with E-state index in [-0.39, 0.29) is 0 Å². The summed E-state index contributed by atoms with van der Waals surface area (Å²) < 4.78 is 12.5. The quantitative estimate of drug-likeness (QED) is 0.751. The maximum atomic E-state index is 6.76. The number of aromatic nitrogens is 2. The van der Waals surface area contributed by atoms with E-state index in [4.69, 9.17) is 19.2 Å². The Morgan fingerprint density at radius 3 is 2.26 bits per heavy atom. The zero-order valence-electron chi connectivity index (χ0n) is 15.7. The van der Waals surface area contributed by atoms with Gasteiger partial charge in [0.2, 0.25) is 11.6 Å². The van der Waals surface area contributed by atoms with Crippen LogP contribution in [-0.2, 0) is 14.5 Å². The van der Waals surface area contributed by atoms with Gasteiger partial charge in [-0.15, -0.1) is 0 Å². The van der Waals surface area contributed by atoms with Crippen LogP contribution in [0.3, 0.4) is 0 Å². The van der Waals surface area contributed by atoms with Gasteiger partial charge in [-0.3, -0.25) is 0 Å². The molecule has 27 heavy (non-hydrogen) atoms. The van der Waals surface area contributed by atoms with Crippen molar-refractivity contribution in [3.63, 3.8) is 0 Å². The van der Waals surface area contributed by atoms with E-state index in [0.717, 1.165) is 37.5 Å². The summed E-state index contributed by atoms with van der Waals surface area (Å²) >= 11 is 0. The van der Waals surface area contributed by atoms with Gasteiger partial charge in [0.15, 0.2) is 0 Å². The average Bonchev–Trinajstić information content (AvgIpc) is 3.06. The summed E-state index contributed by atoms with van der Waals surface area (Å²) in [4.78, 5) is 20.3. The molecule has 0 N–H and O–H groups in total. The highest BCUT2D eigenvalue weighted by Gasteiger charge is 2.66. The van der Waals surface area contributed by atoms with Crippen molar-refractivity contribution in [2.45, 2.75) is 69.4 Å². The average molecular weight is 372 g/mol. The summed E-state index contributed by atoms with van der Waals surface area (Å²) in [6.45, 7) is 0.653. The van der Waals surface area contributed by atoms with Crippen LogP contribution < -0.4 is 4.74 Å². The molecule has 6 heteroatoms. The highest BCUT2D eigenvalue weighted by Crippen LogP contribution is 2.63. The van der Waals surface area contributed by atoms with Crippen molar-refractivity contribution in [3.8, 4) is 6.01 Å². The fourth-order valence-electron chi connectivity index (χ4n) is 6.63. The molecule has 146 valence electrons. The van der Waals surface area contributed by atoms with Crippen molar-refractivity contribution in [3.05, 3.63) is 18.5 Å². The van der Waals surface area contributed by atoms with E-state index in [9.17, 15) is 0 Å². The molecule has 1 aliphatic heterocycles. The second kappa shape index (κ2) is 6.13. The minimum absolute atomic E-state index is 0.450. The maximum Gasteiger partial charge on any atom is 0.316 e. The first kappa shape index (κ1) is 16.7. The second-order valence-corrected chi connectivity index (χ2v) is 9.49. The van der Waals surface area contributed by atoms with Crippen LogP contribution in [0.1, 0.15) is 57.8 Å². The van der Waals surface area contributed by atoms with Gasteiger partial charge in [0.05, 0.1) is 6.61 Å². The lowest BCUT2D eigenvalue weighted by molar-refractivity contribution is -0.390. The highest BCUT2D eigenvalue weighted by atomic mass is 17.3. The van der Waals surface area contributed by atoms with Crippen LogP contribution in [-0.4, -0.2) is 28.1 Å². The third-order valence-corrected chi connectivity index (χ3v) is 7.80. The Hall–Kier alpha value is -1.24. The van der Waals surface area contributed by atoms with Crippen LogP contribution in [0, 0.1) is 29.6 Å². The van der Waals surface area contributed by atoms with Gasteiger partial charge in [-0.05, 0) is 68.8 Å². The Labute approximate surface area is 159 Å². The number of hydrogen-bond acceptors (Lipinski definition) is 6. The fourth-order valence-corrected chi connectivity index (χ4v) is 6.63. The molecular formula is C21H28N2O4. The first-order valence-corrected chi connectivity index (χ1v) is 10.7. The van der Waals surface area contributed by atoms with Crippen LogP contribution >= 0.6 is 0 Å². The van der Waals surface area contributed by atoms with Gasteiger partial charge < -0.3 is 9.47 Å². The van der Waals surface area contributed by atoms with Crippen LogP contribution in [0.2, 0.25) is 0 Å². The normalized spacial score (nSPS) is 47.8. The van der Waals surface area contributed by atoms with Crippen molar-refractivity contribution in [1.29, 1.82) is 0 Å². The minimum Gasteiger partial charge on any atom is -0.463 e. The maximum absolute atomic E-state index is 6.76. The first-order chi connectivity index (χ1) is 13.2. The molecule has 2 heterocycles. The van der Waals surface area contributed by atoms with Crippen molar-refractivity contribution < 1.29 is 19.2 Å². The molecule has 0 amide bonds. The minimum atomic E-state index is -0.533. The molecule has 2 spiro atoms. The summed E-state index contributed by atoms with van der Waals surface area (Å²) in [5, 5.41) is 0. The van der Waals surface area contributed by atoms with Gasteiger partial charge in [-0.1, -0.05) is 0 Å². The molecule has 5 aliphatic carbocycles. The fraction of sp³-hybridized carbons (Fsp3) is 0.810. The number of rotatable bonds is 3. The van der Waals surface area contributed by atoms with E-state index >= 15 is 0 Å². The van der Waals surface area contributed by atoms with E-state index in [1.807, 2.05) is 0 Å². The monoisotopic (exact) mass is 372 g/mol. The van der Waals surface area contributed by atoms with Crippen LogP contribution in [0.4, 0.5) is 0 Å². The number of nitrogens with zero attached hydrogens (tertiary/aromatic N) is 2. The molecule has 1 aromatic rings. The van der Waals surface area contributed by atoms with E-state index < -0.39 is 11.6 Å². The van der Waals surface area contributed by atoms with Crippen LogP contribution in [0.25, 0.3) is 0 Å². The molecule has 0 radical (unpaired) electrons. The summed E-state index contributed by atoms with van der Waals surface area (Å²) in [6, 6.07) is 2.26. The molecule has 1 aromatic heterocycles. The predicted molar refractivity (Wildman–Crippen MR) is 95.2 cm³/mol. The Bertz CT molecular complexity index is 661. The Kier molecular flexibility index (Phi) is 3.79. The third-order valence-electron chi connectivity index (χ3n) is 7.80. The lowest BCUT2D eigenvalue weighted by Crippen LogP contribution is -2.59. The summed E-state index contributed by atoms with van der Waals surface area (Å²) in [6.07, 6.45) is 13.7. The standard InChI is InChI=1S/C21H28N2O4/c1-6-22-19(23-7-1)24-13-14-2-4-20(5-3-14)25-21(27-26-20)17-9-15-8-16(11-17)12-18(21)10-15/h1,6-7,14-18H,2-5,8-13H2. The SMILES string of the molecule is c1cnc(OCC2CCC3(CC2)OOC2(O3)C3CC4CC(C3)CC2C4)nc1. The molecule has 4 bridgehead atoms. The Balaban J connectivity index is 1.09. The molecule has 5 saturated carbocycles. The first-order valence-electron chi connectivity index (χ1n) is 10.7. The van der Waals surface area contributed by atoms with Gasteiger partial charge >= 0.3 is 6.01 Å². The van der Waals surface area contributed by atoms with Crippen molar-refractivity contribution in [2.75, 3.05) is 6.61 Å². The lowest BCUT2D eigenvalue weighted by atomic mass is 9.53. The molecule has 6 fully saturated rings. The van der Waals surface area contributed by atoms with Crippen molar-refractivity contribution in [2.24, 2.45) is 29.6 Å². The molecule has 0 unspecified atom stereocenters. The number of hydrogen-bond donors (Lipinski definition) is 0. The number of ether oxygens (including phenoxy) is 2. The molecule has 1 saturated heterocycles. The molecule has 7 rings (SSSR count). The smallest absolute Gasteiger partial charge is 0.316 e. The van der Waals surface area contributed by atoms with Gasteiger partial charge in [0.1, 0.15) is 0 Å². The van der Waals surface area contributed by atoms with E-state index in [0.29, 0.717) is 30.4 Å². The second-order valence-electron chi connectivity index (χ2n) is 9.49. The van der Waals surface area contributed by atoms with Crippen LogP contribution in [0.5, 0.6) is 6.01 Å². The molecule has 0 aromatic carbocycles. The zero-order chi connectivity index (χ0) is 17.9. The van der Waals surface area contributed by atoms with Crippen molar-refractivity contribution >= 4 is 0 Å². The predicted octanol–water partition coefficient (Wildman–Crippen LogP) is 3.87. The van der Waals surface area contributed by atoms with Gasteiger partial charge in [0, 0.05) is 37.1 Å². The van der Waals surface area contributed by atoms with Crippen LogP contribution in [0.15, 0.2) is 18.5 Å². The van der Waals surface area contributed by atoms with Crippen molar-refractivity contribution in [1.82, 2.24) is 9.97 Å². The summed E-state index contributed by atoms with van der Waals surface area (Å²) in [7, 11) is 0. The Morgan fingerprint density at radius 1 is 0.926 bits per heavy atom. The zero-order valence-corrected chi connectivity index (χ0v) is 15.7. The van der Waals surface area contributed by atoms with Gasteiger partial charge in [-0.25, -0.2) is 9.97 Å². The highest BCUT2D eigenvalue weighted by molar-refractivity contribution is 5.05. The molecule has 6 aliphatic rings. The van der Waals surface area contributed by atoms with Gasteiger partial charge in [-0.2, -0.15) is 9.78 Å². The lowest BCUT2D eigenvalue weighted by Gasteiger charge is -2.57. The molecule has 0 atom stereocenters. The third kappa shape index (κ3) is 2.71.